The Morgan fingerprint density at radius 3 is 2.50 bits per heavy atom. The number of nitrogens with one attached hydrogen (secondary N) is 2. The lowest BCUT2D eigenvalue weighted by atomic mass is 10.2. The maximum absolute atomic E-state index is 13.1. The summed E-state index contributed by atoms with van der Waals surface area (Å²) in [4.78, 5) is 20.9. The standard InChI is InChI=1S/C20H20F3N7/c1-12(13-8-9-13)26-19-29-17(15-6-4-7-16(27-15)20(21,22)23)28-18(30-19)25-11-14-5-2-3-10-24-14/h2-7,10,12-13H,8-9,11H2,1H3,(H2,25,26,28,29,30). The van der Waals surface area contributed by atoms with Gasteiger partial charge in [-0.25, -0.2) is 4.98 Å². The van der Waals surface area contributed by atoms with Gasteiger partial charge < -0.3 is 10.6 Å². The third-order valence-corrected chi connectivity index (χ3v) is 4.74. The Morgan fingerprint density at radius 1 is 1.00 bits per heavy atom. The summed E-state index contributed by atoms with van der Waals surface area (Å²) < 4.78 is 39.2. The van der Waals surface area contributed by atoms with Crippen LogP contribution >= 0.6 is 0 Å². The molecule has 1 unspecified atom stereocenters. The summed E-state index contributed by atoms with van der Waals surface area (Å²) in [6.07, 6.45) is -0.616. The van der Waals surface area contributed by atoms with Crippen molar-refractivity contribution in [3.8, 4) is 11.5 Å². The van der Waals surface area contributed by atoms with Crippen LogP contribution in [0, 0.1) is 5.92 Å². The molecule has 0 aromatic carbocycles. The Labute approximate surface area is 171 Å². The molecule has 0 aliphatic heterocycles. The SMILES string of the molecule is CC(Nc1nc(NCc2ccccn2)nc(-c2cccc(C(F)(F)F)n2)n1)C1CC1. The van der Waals surface area contributed by atoms with Crippen LogP contribution in [0.15, 0.2) is 42.6 Å². The Balaban J connectivity index is 1.64. The Bertz CT molecular complexity index is 1010. The molecule has 7 nitrogen and oxygen atoms in total. The van der Waals surface area contributed by atoms with Gasteiger partial charge in [-0.05, 0) is 49.9 Å². The first-order valence-electron chi connectivity index (χ1n) is 9.59. The van der Waals surface area contributed by atoms with Crippen molar-refractivity contribution in [2.24, 2.45) is 5.92 Å². The lowest BCUT2D eigenvalue weighted by Crippen LogP contribution is -2.20. The van der Waals surface area contributed by atoms with Crippen LogP contribution in [0.25, 0.3) is 11.5 Å². The molecule has 3 aromatic rings. The van der Waals surface area contributed by atoms with Crippen molar-refractivity contribution in [1.29, 1.82) is 0 Å². The number of anilines is 2. The van der Waals surface area contributed by atoms with Crippen molar-refractivity contribution in [2.75, 3.05) is 10.6 Å². The number of hydrogen-bond acceptors (Lipinski definition) is 7. The van der Waals surface area contributed by atoms with Gasteiger partial charge in [-0.2, -0.15) is 28.1 Å². The average Bonchev–Trinajstić information content (AvgIpc) is 3.58. The van der Waals surface area contributed by atoms with E-state index in [1.54, 1.807) is 6.20 Å². The first-order chi connectivity index (χ1) is 14.4. The maximum atomic E-state index is 13.1. The molecule has 1 saturated carbocycles. The van der Waals surface area contributed by atoms with Crippen LogP contribution in [0.5, 0.6) is 0 Å². The highest BCUT2D eigenvalue weighted by atomic mass is 19.4. The van der Waals surface area contributed by atoms with Gasteiger partial charge in [0.1, 0.15) is 11.4 Å². The summed E-state index contributed by atoms with van der Waals surface area (Å²) in [7, 11) is 0. The molecule has 1 fully saturated rings. The zero-order valence-electron chi connectivity index (χ0n) is 16.2. The van der Waals surface area contributed by atoms with E-state index >= 15 is 0 Å². The monoisotopic (exact) mass is 415 g/mol. The summed E-state index contributed by atoms with van der Waals surface area (Å²) in [6.45, 7) is 2.39. The highest BCUT2D eigenvalue weighted by Gasteiger charge is 2.33. The van der Waals surface area contributed by atoms with Gasteiger partial charge in [0, 0.05) is 12.2 Å². The number of nitrogens with zero attached hydrogens (tertiary/aromatic N) is 5. The molecule has 1 atom stereocenters. The van der Waals surface area contributed by atoms with Crippen LogP contribution in [0.1, 0.15) is 31.2 Å². The summed E-state index contributed by atoms with van der Waals surface area (Å²) in [5, 5.41) is 6.29. The van der Waals surface area contributed by atoms with Crippen molar-refractivity contribution in [1.82, 2.24) is 24.9 Å². The first-order valence-corrected chi connectivity index (χ1v) is 9.59. The zero-order valence-corrected chi connectivity index (χ0v) is 16.2. The lowest BCUT2D eigenvalue weighted by Gasteiger charge is -2.15. The van der Waals surface area contributed by atoms with Crippen LogP contribution < -0.4 is 10.6 Å². The smallest absolute Gasteiger partial charge is 0.351 e. The molecule has 156 valence electrons. The Kier molecular flexibility index (Phi) is 5.47. The van der Waals surface area contributed by atoms with E-state index in [9.17, 15) is 13.2 Å². The molecule has 2 N–H and O–H groups in total. The van der Waals surface area contributed by atoms with Crippen molar-refractivity contribution in [3.63, 3.8) is 0 Å². The van der Waals surface area contributed by atoms with Crippen LogP contribution in [-0.4, -0.2) is 31.0 Å². The van der Waals surface area contributed by atoms with Crippen molar-refractivity contribution in [2.45, 2.75) is 38.5 Å². The van der Waals surface area contributed by atoms with Crippen LogP contribution in [0.4, 0.5) is 25.1 Å². The van der Waals surface area contributed by atoms with Gasteiger partial charge >= 0.3 is 6.18 Å². The van der Waals surface area contributed by atoms with Gasteiger partial charge in [0.2, 0.25) is 11.9 Å². The van der Waals surface area contributed by atoms with Gasteiger partial charge in [0.05, 0.1) is 12.2 Å². The van der Waals surface area contributed by atoms with Gasteiger partial charge in [-0.3, -0.25) is 4.98 Å². The molecular formula is C20H20F3N7. The number of hydrogen-bond donors (Lipinski definition) is 2. The second kappa shape index (κ2) is 8.21. The lowest BCUT2D eigenvalue weighted by molar-refractivity contribution is -0.141. The van der Waals surface area contributed by atoms with Gasteiger partial charge in [0.25, 0.3) is 0 Å². The number of aromatic nitrogens is 5. The summed E-state index contributed by atoms with van der Waals surface area (Å²) in [5.41, 5.74) is -0.197. The van der Waals surface area contributed by atoms with Crippen LogP contribution in [0.2, 0.25) is 0 Å². The van der Waals surface area contributed by atoms with Crippen molar-refractivity contribution >= 4 is 11.9 Å². The van der Waals surface area contributed by atoms with E-state index in [1.807, 2.05) is 25.1 Å². The fourth-order valence-electron chi connectivity index (χ4n) is 2.94. The largest absolute Gasteiger partial charge is 0.433 e. The minimum Gasteiger partial charge on any atom is -0.351 e. The quantitative estimate of drug-likeness (QED) is 0.599. The van der Waals surface area contributed by atoms with Gasteiger partial charge in [-0.15, -0.1) is 0 Å². The predicted octanol–water partition coefficient (Wildman–Crippen LogP) is 4.17. The Morgan fingerprint density at radius 2 is 1.80 bits per heavy atom. The van der Waals surface area contributed by atoms with Crippen molar-refractivity contribution < 1.29 is 13.2 Å². The molecule has 30 heavy (non-hydrogen) atoms. The topological polar surface area (TPSA) is 88.5 Å². The second-order valence-electron chi connectivity index (χ2n) is 7.16. The molecular weight excluding hydrogens is 395 g/mol. The van der Waals surface area contributed by atoms with E-state index in [2.05, 4.69) is 35.6 Å². The van der Waals surface area contributed by atoms with E-state index in [4.69, 9.17) is 0 Å². The molecule has 3 heterocycles. The number of alkyl halides is 3. The summed E-state index contributed by atoms with van der Waals surface area (Å²) in [5.74, 6) is 1.13. The minimum absolute atomic E-state index is 0.0234. The normalized spacial score (nSPS) is 14.9. The predicted molar refractivity (Wildman–Crippen MR) is 105 cm³/mol. The molecule has 0 radical (unpaired) electrons. The van der Waals surface area contributed by atoms with E-state index < -0.39 is 11.9 Å². The third kappa shape index (κ3) is 5.00. The molecule has 0 amide bonds. The second-order valence-corrected chi connectivity index (χ2v) is 7.16. The fourth-order valence-corrected chi connectivity index (χ4v) is 2.94. The maximum Gasteiger partial charge on any atom is 0.433 e. The van der Waals surface area contributed by atoms with Crippen LogP contribution in [0.3, 0.4) is 0 Å². The zero-order chi connectivity index (χ0) is 21.1. The molecule has 0 saturated heterocycles. The van der Waals surface area contributed by atoms with E-state index in [0.29, 0.717) is 18.4 Å². The third-order valence-electron chi connectivity index (χ3n) is 4.74. The number of pyridine rings is 2. The van der Waals surface area contributed by atoms with E-state index in [0.717, 1.165) is 24.6 Å². The minimum atomic E-state index is -4.55. The summed E-state index contributed by atoms with van der Waals surface area (Å²) in [6, 6.07) is 9.32. The van der Waals surface area contributed by atoms with Gasteiger partial charge in [0.15, 0.2) is 5.82 Å². The van der Waals surface area contributed by atoms with Crippen molar-refractivity contribution in [3.05, 3.63) is 54.0 Å². The first kappa shape index (κ1) is 20.0. The summed E-state index contributed by atoms with van der Waals surface area (Å²) >= 11 is 0. The van der Waals surface area contributed by atoms with E-state index in [-0.39, 0.29) is 23.5 Å². The molecule has 0 spiro atoms. The highest BCUT2D eigenvalue weighted by molar-refractivity contribution is 5.54. The molecule has 4 rings (SSSR count). The Hall–Kier alpha value is -3.30. The molecule has 0 bridgehead atoms. The average molecular weight is 415 g/mol. The van der Waals surface area contributed by atoms with Gasteiger partial charge in [-0.1, -0.05) is 12.1 Å². The van der Waals surface area contributed by atoms with Crippen LogP contribution in [-0.2, 0) is 12.7 Å². The molecule has 10 heteroatoms. The molecule has 3 aromatic heterocycles. The number of rotatable bonds is 7. The number of halogens is 3. The van der Waals surface area contributed by atoms with E-state index in [1.165, 1.54) is 12.1 Å². The highest BCUT2D eigenvalue weighted by Crippen LogP contribution is 2.34. The molecule has 1 aliphatic rings. The molecule has 1 aliphatic carbocycles. The fraction of sp³-hybridized carbons (Fsp3) is 0.350.